The van der Waals surface area contributed by atoms with Crippen LogP contribution in [0.4, 0.5) is 0 Å². The van der Waals surface area contributed by atoms with Crippen molar-refractivity contribution in [3.63, 3.8) is 0 Å². The van der Waals surface area contributed by atoms with Crippen molar-refractivity contribution < 1.29 is 0 Å². The van der Waals surface area contributed by atoms with Gasteiger partial charge in [0.2, 0.25) is 0 Å². The van der Waals surface area contributed by atoms with Crippen LogP contribution in [0, 0.1) is 5.92 Å². The Morgan fingerprint density at radius 2 is 2.09 bits per heavy atom. The van der Waals surface area contributed by atoms with Gasteiger partial charge in [0.1, 0.15) is 0 Å². The summed E-state index contributed by atoms with van der Waals surface area (Å²) in [6.07, 6.45) is 14.4. The average Bonchev–Trinajstić information content (AvgIpc) is 2.54. The molecule has 0 aromatic heterocycles. The lowest BCUT2D eigenvalue weighted by Crippen LogP contribution is -2.46. The molecule has 3 unspecified atom stereocenters. The van der Waals surface area contributed by atoms with Crippen molar-refractivity contribution in [3.05, 3.63) is 59.4 Å². The van der Waals surface area contributed by atoms with Crippen molar-refractivity contribution in [2.24, 2.45) is 5.92 Å². The van der Waals surface area contributed by atoms with E-state index in [1.807, 2.05) is 0 Å². The standard InChI is InChI=1S/C22H31N/c1-6-8-15(3)21-14-23-17(5)12-19-13-18(7-2)9-10-20(19)22(23)11-16(21)4/h10,13-14,17-18,22H,3-4,6-9,11-12H2,1-2,5H3. The minimum absolute atomic E-state index is 0.494. The van der Waals surface area contributed by atoms with Gasteiger partial charge in [-0.3, -0.25) is 0 Å². The van der Waals surface area contributed by atoms with Gasteiger partial charge >= 0.3 is 0 Å². The van der Waals surface area contributed by atoms with Crippen molar-refractivity contribution in [1.82, 2.24) is 4.90 Å². The topological polar surface area (TPSA) is 3.24 Å². The molecule has 2 aliphatic heterocycles. The first-order valence-electron chi connectivity index (χ1n) is 9.31. The Balaban J connectivity index is 1.90. The molecule has 3 atom stereocenters. The molecule has 0 radical (unpaired) electrons. The Morgan fingerprint density at radius 1 is 1.30 bits per heavy atom. The Kier molecular flexibility index (Phi) is 4.66. The largest absolute Gasteiger partial charge is 0.366 e. The first kappa shape index (κ1) is 16.4. The van der Waals surface area contributed by atoms with Gasteiger partial charge in [-0.2, -0.15) is 0 Å². The summed E-state index contributed by atoms with van der Waals surface area (Å²) in [4.78, 5) is 2.58. The number of hydrogen-bond acceptors (Lipinski definition) is 1. The molecule has 0 N–H and O–H groups in total. The Morgan fingerprint density at radius 3 is 2.78 bits per heavy atom. The third-order valence-corrected chi connectivity index (χ3v) is 5.75. The Hall–Kier alpha value is -1.50. The second-order valence-corrected chi connectivity index (χ2v) is 7.48. The molecule has 23 heavy (non-hydrogen) atoms. The van der Waals surface area contributed by atoms with E-state index in [9.17, 15) is 0 Å². The molecule has 0 saturated carbocycles. The fraction of sp³-hybridized carbons (Fsp3) is 0.545. The van der Waals surface area contributed by atoms with E-state index in [4.69, 9.17) is 0 Å². The van der Waals surface area contributed by atoms with E-state index in [2.05, 4.69) is 57.2 Å². The van der Waals surface area contributed by atoms with Crippen molar-refractivity contribution in [3.8, 4) is 0 Å². The highest BCUT2D eigenvalue weighted by Crippen LogP contribution is 2.43. The van der Waals surface area contributed by atoms with E-state index in [-0.39, 0.29) is 0 Å². The molecule has 0 aromatic carbocycles. The number of hydrogen-bond donors (Lipinski definition) is 0. The zero-order chi connectivity index (χ0) is 16.6. The van der Waals surface area contributed by atoms with E-state index in [0.29, 0.717) is 12.1 Å². The molecule has 1 aliphatic carbocycles. The predicted molar refractivity (Wildman–Crippen MR) is 100 cm³/mol. The van der Waals surface area contributed by atoms with Crippen LogP contribution in [0.1, 0.15) is 59.3 Å². The Labute approximate surface area is 142 Å². The summed E-state index contributed by atoms with van der Waals surface area (Å²) in [5, 5.41) is 0. The summed E-state index contributed by atoms with van der Waals surface area (Å²) in [6.45, 7) is 15.6. The zero-order valence-electron chi connectivity index (χ0n) is 15.1. The van der Waals surface area contributed by atoms with Crippen molar-refractivity contribution in [1.29, 1.82) is 0 Å². The van der Waals surface area contributed by atoms with E-state index in [1.54, 1.807) is 11.1 Å². The van der Waals surface area contributed by atoms with Gasteiger partial charge in [-0.25, -0.2) is 0 Å². The normalized spacial score (nSPS) is 30.0. The molecule has 3 rings (SSSR count). The minimum Gasteiger partial charge on any atom is -0.366 e. The Bertz CT molecular complexity index is 601. The summed E-state index contributed by atoms with van der Waals surface area (Å²) in [7, 11) is 0. The number of nitrogens with zero attached hydrogens (tertiary/aromatic N) is 1. The molecule has 0 spiro atoms. The van der Waals surface area contributed by atoms with Crippen LogP contribution in [0.2, 0.25) is 0 Å². The molecule has 3 aliphatic rings. The highest BCUT2D eigenvalue weighted by molar-refractivity contribution is 5.51. The van der Waals surface area contributed by atoms with Crippen molar-refractivity contribution in [2.45, 2.75) is 71.4 Å². The minimum atomic E-state index is 0.494. The maximum Gasteiger partial charge on any atom is 0.0580 e. The van der Waals surface area contributed by atoms with Gasteiger partial charge < -0.3 is 4.90 Å². The summed E-state index contributed by atoms with van der Waals surface area (Å²) >= 11 is 0. The van der Waals surface area contributed by atoms with Crippen LogP contribution >= 0.6 is 0 Å². The molecule has 124 valence electrons. The van der Waals surface area contributed by atoms with Crippen LogP contribution in [0.3, 0.4) is 0 Å². The molecular weight excluding hydrogens is 278 g/mol. The lowest BCUT2D eigenvalue weighted by molar-refractivity contribution is 0.207. The maximum absolute atomic E-state index is 4.38. The molecule has 1 nitrogen and oxygen atoms in total. The van der Waals surface area contributed by atoms with Gasteiger partial charge in [-0.1, -0.05) is 45.6 Å². The zero-order valence-corrected chi connectivity index (χ0v) is 15.1. The molecular formula is C22H31N. The lowest BCUT2D eigenvalue weighted by atomic mass is 9.75. The highest BCUT2D eigenvalue weighted by atomic mass is 15.2. The lowest BCUT2D eigenvalue weighted by Gasteiger charge is -2.48. The molecule has 0 bridgehead atoms. The first-order valence-corrected chi connectivity index (χ1v) is 9.31. The number of rotatable bonds is 4. The number of piperidine rings is 1. The molecule has 2 heterocycles. The third-order valence-electron chi connectivity index (χ3n) is 5.75. The van der Waals surface area contributed by atoms with Gasteiger partial charge in [0.25, 0.3) is 0 Å². The van der Waals surface area contributed by atoms with Crippen LogP contribution in [0.25, 0.3) is 0 Å². The number of fused-ring (bicyclic) bond motifs is 3. The predicted octanol–water partition coefficient (Wildman–Crippen LogP) is 5.93. The third kappa shape index (κ3) is 2.98. The second-order valence-electron chi connectivity index (χ2n) is 7.48. The van der Waals surface area contributed by atoms with Crippen LogP contribution in [-0.2, 0) is 0 Å². The van der Waals surface area contributed by atoms with Crippen LogP contribution < -0.4 is 0 Å². The monoisotopic (exact) mass is 309 g/mol. The maximum atomic E-state index is 4.38. The van der Waals surface area contributed by atoms with Gasteiger partial charge in [0.05, 0.1) is 6.04 Å². The first-order chi connectivity index (χ1) is 11.0. The molecule has 0 aromatic rings. The van der Waals surface area contributed by atoms with Crippen LogP contribution in [-0.4, -0.2) is 17.0 Å². The summed E-state index contributed by atoms with van der Waals surface area (Å²) in [5.74, 6) is 0.745. The molecule has 0 amide bonds. The number of allylic oxidation sites excluding steroid dienone is 4. The smallest absolute Gasteiger partial charge is 0.0580 e. The van der Waals surface area contributed by atoms with Crippen molar-refractivity contribution >= 4 is 0 Å². The fourth-order valence-corrected chi connectivity index (χ4v) is 4.36. The molecule has 1 saturated heterocycles. The fourth-order valence-electron chi connectivity index (χ4n) is 4.36. The van der Waals surface area contributed by atoms with E-state index in [0.717, 1.165) is 25.2 Å². The van der Waals surface area contributed by atoms with Crippen LogP contribution in [0.5, 0.6) is 0 Å². The van der Waals surface area contributed by atoms with Gasteiger partial charge in [0.15, 0.2) is 0 Å². The van der Waals surface area contributed by atoms with Crippen molar-refractivity contribution in [2.75, 3.05) is 0 Å². The van der Waals surface area contributed by atoms with E-state index >= 15 is 0 Å². The summed E-state index contributed by atoms with van der Waals surface area (Å²) in [6, 6.07) is 1.06. The average molecular weight is 309 g/mol. The van der Waals surface area contributed by atoms with E-state index < -0.39 is 0 Å². The second kappa shape index (κ2) is 6.55. The molecule has 1 heteroatoms. The highest BCUT2D eigenvalue weighted by Gasteiger charge is 2.37. The van der Waals surface area contributed by atoms with Crippen LogP contribution in [0.15, 0.2) is 59.4 Å². The van der Waals surface area contributed by atoms with Gasteiger partial charge in [-0.05, 0) is 72.8 Å². The van der Waals surface area contributed by atoms with Gasteiger partial charge in [-0.15, -0.1) is 0 Å². The SMILES string of the molecule is C=C(CCC)C1=CN2C(C)CC3=CC(CC)CC=C3C2CC1=C. The molecule has 1 fully saturated rings. The van der Waals surface area contributed by atoms with E-state index in [1.165, 1.54) is 36.0 Å². The van der Waals surface area contributed by atoms with Gasteiger partial charge in [0, 0.05) is 12.2 Å². The summed E-state index contributed by atoms with van der Waals surface area (Å²) < 4.78 is 0. The quantitative estimate of drug-likeness (QED) is 0.622. The summed E-state index contributed by atoms with van der Waals surface area (Å²) in [5.41, 5.74) is 7.02.